The van der Waals surface area contributed by atoms with Crippen LogP contribution in [0.5, 0.6) is 0 Å². The number of fused-ring (bicyclic) bond motifs is 1. The van der Waals surface area contributed by atoms with Gasteiger partial charge in [-0.2, -0.15) is 0 Å². The average Bonchev–Trinajstić information content (AvgIpc) is 3.33. The highest BCUT2D eigenvalue weighted by atomic mass is 32.1. The predicted octanol–water partition coefficient (Wildman–Crippen LogP) is 4.24. The number of amides is 1. The molecule has 4 rings (SSSR count). The van der Waals surface area contributed by atoms with E-state index >= 15 is 0 Å². The van der Waals surface area contributed by atoms with Crippen molar-refractivity contribution in [2.75, 3.05) is 6.54 Å². The van der Waals surface area contributed by atoms with Gasteiger partial charge in [-0.15, -0.1) is 11.3 Å². The van der Waals surface area contributed by atoms with Gasteiger partial charge in [0.05, 0.1) is 16.3 Å². The number of nitrogens with zero attached hydrogens (tertiary/aromatic N) is 3. The second-order valence-corrected chi connectivity index (χ2v) is 7.35. The summed E-state index contributed by atoms with van der Waals surface area (Å²) in [7, 11) is 0. The number of hydrogen-bond donors (Lipinski definition) is 0. The quantitative estimate of drug-likeness (QED) is 0.697. The monoisotopic (exact) mass is 339 g/mol. The minimum Gasteiger partial charge on any atom is -0.354 e. The molecule has 3 aromatic rings. The van der Waals surface area contributed by atoms with Crippen molar-refractivity contribution in [3.05, 3.63) is 53.8 Å². The number of benzene rings is 1. The lowest BCUT2D eigenvalue weighted by Gasteiger charge is -2.23. The first-order chi connectivity index (χ1) is 11.8. The Bertz CT molecular complexity index is 791. The summed E-state index contributed by atoms with van der Waals surface area (Å²) in [5.41, 5.74) is 1.05. The number of para-hydroxylation sites is 1. The Kier molecular flexibility index (Phi) is 4.34. The Hall–Kier alpha value is -2.14. The van der Waals surface area contributed by atoms with Crippen LogP contribution in [0.2, 0.25) is 0 Å². The van der Waals surface area contributed by atoms with E-state index in [0.29, 0.717) is 6.42 Å². The second kappa shape index (κ2) is 6.77. The fraction of sp³-hybridized carbons (Fsp3) is 0.368. The highest BCUT2D eigenvalue weighted by molar-refractivity contribution is 7.18. The fourth-order valence-electron chi connectivity index (χ4n) is 3.43. The minimum atomic E-state index is 0.168. The molecule has 1 saturated heterocycles. The van der Waals surface area contributed by atoms with E-state index in [4.69, 9.17) is 4.98 Å². The van der Waals surface area contributed by atoms with Crippen LogP contribution < -0.4 is 0 Å². The molecule has 24 heavy (non-hydrogen) atoms. The Morgan fingerprint density at radius 1 is 1.21 bits per heavy atom. The molecule has 1 aromatic carbocycles. The topological polar surface area (TPSA) is 38.1 Å². The zero-order valence-electron chi connectivity index (χ0n) is 13.6. The van der Waals surface area contributed by atoms with Crippen molar-refractivity contribution in [1.29, 1.82) is 0 Å². The maximum Gasteiger partial charge on any atom is 0.223 e. The van der Waals surface area contributed by atoms with Crippen molar-refractivity contribution >= 4 is 27.5 Å². The molecular formula is C19H21N3OS. The van der Waals surface area contributed by atoms with Crippen LogP contribution in [0.25, 0.3) is 10.2 Å². The lowest BCUT2D eigenvalue weighted by Crippen LogP contribution is -2.30. The molecule has 0 unspecified atom stereocenters. The Morgan fingerprint density at radius 3 is 2.88 bits per heavy atom. The normalized spacial score (nSPS) is 17.7. The first kappa shape index (κ1) is 15.4. The van der Waals surface area contributed by atoms with Gasteiger partial charge in [-0.05, 0) is 43.5 Å². The van der Waals surface area contributed by atoms with E-state index in [1.807, 2.05) is 47.6 Å². The Balaban J connectivity index is 1.42. The van der Waals surface area contributed by atoms with Gasteiger partial charge < -0.3 is 9.47 Å². The highest BCUT2D eigenvalue weighted by Crippen LogP contribution is 2.36. The van der Waals surface area contributed by atoms with E-state index in [1.54, 1.807) is 11.3 Å². The van der Waals surface area contributed by atoms with Gasteiger partial charge >= 0.3 is 0 Å². The molecule has 1 atom stereocenters. The fourth-order valence-corrected chi connectivity index (χ4v) is 4.55. The van der Waals surface area contributed by atoms with Crippen molar-refractivity contribution in [2.45, 2.75) is 38.3 Å². The molecule has 0 aliphatic carbocycles. The van der Waals surface area contributed by atoms with Gasteiger partial charge in [-0.1, -0.05) is 12.1 Å². The summed E-state index contributed by atoms with van der Waals surface area (Å²) >= 11 is 1.73. The molecule has 0 radical (unpaired) electrons. The molecule has 124 valence electrons. The van der Waals surface area contributed by atoms with Crippen molar-refractivity contribution < 1.29 is 4.79 Å². The second-order valence-electron chi connectivity index (χ2n) is 6.29. The van der Waals surface area contributed by atoms with Crippen molar-refractivity contribution in [2.24, 2.45) is 0 Å². The molecule has 4 nitrogen and oxygen atoms in total. The van der Waals surface area contributed by atoms with E-state index in [-0.39, 0.29) is 11.9 Å². The lowest BCUT2D eigenvalue weighted by molar-refractivity contribution is -0.132. The summed E-state index contributed by atoms with van der Waals surface area (Å²) in [6, 6.07) is 12.4. The van der Waals surface area contributed by atoms with Crippen molar-refractivity contribution in [3.63, 3.8) is 0 Å². The van der Waals surface area contributed by atoms with Crippen LogP contribution in [-0.4, -0.2) is 26.9 Å². The summed E-state index contributed by atoms with van der Waals surface area (Å²) in [6.07, 6.45) is 7.69. The van der Waals surface area contributed by atoms with Gasteiger partial charge in [0, 0.05) is 31.9 Å². The third kappa shape index (κ3) is 3.08. The largest absolute Gasteiger partial charge is 0.354 e. The van der Waals surface area contributed by atoms with Crippen molar-refractivity contribution in [1.82, 2.24) is 14.5 Å². The molecule has 5 heteroatoms. The molecule has 2 aromatic heterocycles. The zero-order valence-corrected chi connectivity index (χ0v) is 14.4. The van der Waals surface area contributed by atoms with E-state index < -0.39 is 0 Å². The van der Waals surface area contributed by atoms with Gasteiger partial charge in [0.15, 0.2) is 0 Å². The van der Waals surface area contributed by atoms with Crippen LogP contribution in [0.3, 0.4) is 0 Å². The number of likely N-dealkylation sites (tertiary alicyclic amines) is 1. The molecule has 0 bridgehead atoms. The van der Waals surface area contributed by atoms with Crippen LogP contribution in [-0.2, 0) is 11.3 Å². The number of hydrogen-bond acceptors (Lipinski definition) is 3. The SMILES string of the molecule is O=C(CCCn1cccc1)N1CCC[C@@H]1c1nc2ccccc2s1. The standard InChI is InChI=1S/C19H21N3OS/c23-18(10-6-13-21-11-3-4-12-21)22-14-5-8-16(22)19-20-15-7-1-2-9-17(15)24-19/h1-4,7,9,11-12,16H,5-6,8,10,13-14H2/t16-/m1/s1. The van der Waals surface area contributed by atoms with Crippen LogP contribution in [0, 0.1) is 0 Å². The number of carbonyl (C=O) groups is 1. The summed E-state index contributed by atoms with van der Waals surface area (Å²) in [5, 5.41) is 1.09. The smallest absolute Gasteiger partial charge is 0.223 e. The van der Waals surface area contributed by atoms with E-state index in [1.165, 1.54) is 4.70 Å². The highest BCUT2D eigenvalue weighted by Gasteiger charge is 2.31. The maximum absolute atomic E-state index is 12.7. The van der Waals surface area contributed by atoms with E-state index in [2.05, 4.69) is 10.6 Å². The van der Waals surface area contributed by atoms with Gasteiger partial charge in [0.25, 0.3) is 0 Å². The van der Waals surface area contributed by atoms with E-state index in [0.717, 1.165) is 42.9 Å². The molecule has 1 aliphatic heterocycles. The van der Waals surface area contributed by atoms with Crippen LogP contribution in [0.15, 0.2) is 48.8 Å². The van der Waals surface area contributed by atoms with Crippen molar-refractivity contribution in [3.8, 4) is 0 Å². The molecular weight excluding hydrogens is 318 g/mol. The average molecular weight is 339 g/mol. The van der Waals surface area contributed by atoms with E-state index in [9.17, 15) is 4.79 Å². The predicted molar refractivity (Wildman–Crippen MR) is 97.0 cm³/mol. The number of carbonyl (C=O) groups excluding carboxylic acids is 1. The Morgan fingerprint density at radius 2 is 2.04 bits per heavy atom. The summed E-state index contributed by atoms with van der Waals surface area (Å²) in [5.74, 6) is 0.268. The molecule has 1 fully saturated rings. The number of rotatable bonds is 5. The van der Waals surface area contributed by atoms with Crippen LogP contribution in [0.1, 0.15) is 36.7 Å². The first-order valence-electron chi connectivity index (χ1n) is 8.57. The molecule has 0 spiro atoms. The summed E-state index contributed by atoms with van der Waals surface area (Å²) < 4.78 is 3.34. The van der Waals surface area contributed by atoms with Gasteiger partial charge in [-0.25, -0.2) is 4.98 Å². The minimum absolute atomic E-state index is 0.168. The Labute approximate surface area is 145 Å². The van der Waals surface area contributed by atoms with Gasteiger partial charge in [-0.3, -0.25) is 4.79 Å². The third-order valence-electron chi connectivity index (χ3n) is 4.64. The molecule has 0 N–H and O–H groups in total. The number of thiazole rings is 1. The number of aromatic nitrogens is 2. The summed E-state index contributed by atoms with van der Waals surface area (Å²) in [6.45, 7) is 1.77. The lowest BCUT2D eigenvalue weighted by atomic mass is 10.2. The van der Waals surface area contributed by atoms with Crippen LogP contribution >= 0.6 is 11.3 Å². The zero-order chi connectivity index (χ0) is 16.4. The van der Waals surface area contributed by atoms with Gasteiger partial charge in [0.1, 0.15) is 5.01 Å². The van der Waals surface area contributed by atoms with Gasteiger partial charge in [0.2, 0.25) is 5.91 Å². The third-order valence-corrected chi connectivity index (χ3v) is 5.78. The molecule has 3 heterocycles. The maximum atomic E-state index is 12.7. The number of aryl methyl sites for hydroxylation is 1. The first-order valence-corrected chi connectivity index (χ1v) is 9.38. The molecule has 1 amide bonds. The van der Waals surface area contributed by atoms with Crippen LogP contribution in [0.4, 0.5) is 0 Å². The molecule has 0 saturated carbocycles. The molecule has 1 aliphatic rings. The summed E-state index contributed by atoms with van der Waals surface area (Å²) in [4.78, 5) is 19.5.